The highest BCUT2D eigenvalue weighted by atomic mass is 16.1. The minimum atomic E-state index is -0.330. The maximum atomic E-state index is 12.5. The van der Waals surface area contributed by atoms with E-state index in [9.17, 15) is 14.9 Å². The SMILES string of the molecule is N#Cc1c(-c2ccccc2)n(CCNC(=O)c2ccccc2)c2c(=O)[nH]cnc12. The Morgan fingerprint density at radius 1 is 1.10 bits per heavy atom. The summed E-state index contributed by atoms with van der Waals surface area (Å²) in [5.74, 6) is -0.198. The van der Waals surface area contributed by atoms with Crippen molar-refractivity contribution in [3.05, 3.63) is 88.5 Å². The molecule has 2 heterocycles. The van der Waals surface area contributed by atoms with E-state index in [2.05, 4.69) is 21.4 Å². The average molecular weight is 383 g/mol. The van der Waals surface area contributed by atoms with Gasteiger partial charge in [0.2, 0.25) is 0 Å². The largest absolute Gasteiger partial charge is 0.350 e. The third-order valence-electron chi connectivity index (χ3n) is 4.66. The molecular weight excluding hydrogens is 366 g/mol. The lowest BCUT2D eigenvalue weighted by Crippen LogP contribution is -2.28. The molecule has 1 amide bonds. The minimum absolute atomic E-state index is 0.198. The summed E-state index contributed by atoms with van der Waals surface area (Å²) in [5.41, 5.74) is 2.65. The quantitative estimate of drug-likeness (QED) is 0.553. The fraction of sp³-hybridized carbons (Fsp3) is 0.0909. The zero-order valence-electron chi connectivity index (χ0n) is 15.4. The number of aromatic amines is 1. The van der Waals surface area contributed by atoms with Gasteiger partial charge in [0.25, 0.3) is 11.5 Å². The van der Waals surface area contributed by atoms with Crippen LogP contribution >= 0.6 is 0 Å². The average Bonchev–Trinajstić information content (AvgIpc) is 3.09. The Kier molecular flexibility index (Phi) is 4.91. The molecule has 0 fully saturated rings. The molecule has 2 N–H and O–H groups in total. The molecule has 0 spiro atoms. The fourth-order valence-corrected chi connectivity index (χ4v) is 3.38. The number of hydrogen-bond donors (Lipinski definition) is 2. The van der Waals surface area contributed by atoms with E-state index in [1.807, 2.05) is 36.4 Å². The van der Waals surface area contributed by atoms with Crippen LogP contribution in [0.4, 0.5) is 0 Å². The molecule has 0 aliphatic rings. The van der Waals surface area contributed by atoms with Crippen molar-refractivity contribution in [1.29, 1.82) is 5.26 Å². The number of aromatic nitrogens is 3. The number of nitrogens with one attached hydrogen (secondary N) is 2. The van der Waals surface area contributed by atoms with Gasteiger partial charge in [-0.1, -0.05) is 48.5 Å². The number of fused-ring (bicyclic) bond motifs is 1. The van der Waals surface area contributed by atoms with Crippen LogP contribution < -0.4 is 10.9 Å². The van der Waals surface area contributed by atoms with Gasteiger partial charge in [-0.2, -0.15) is 5.26 Å². The molecule has 29 heavy (non-hydrogen) atoms. The van der Waals surface area contributed by atoms with E-state index in [4.69, 9.17) is 0 Å². The van der Waals surface area contributed by atoms with Crippen LogP contribution in [0.5, 0.6) is 0 Å². The first kappa shape index (κ1) is 18.2. The number of amides is 1. The van der Waals surface area contributed by atoms with Crippen LogP contribution in [0.3, 0.4) is 0 Å². The summed E-state index contributed by atoms with van der Waals surface area (Å²) in [5, 5.41) is 12.6. The molecule has 0 unspecified atom stereocenters. The fourth-order valence-electron chi connectivity index (χ4n) is 3.38. The Bertz CT molecular complexity index is 1270. The van der Waals surface area contributed by atoms with E-state index in [-0.39, 0.29) is 18.0 Å². The van der Waals surface area contributed by atoms with E-state index >= 15 is 0 Å². The number of nitriles is 1. The first-order valence-electron chi connectivity index (χ1n) is 9.09. The van der Waals surface area contributed by atoms with E-state index in [0.29, 0.717) is 34.4 Å². The van der Waals surface area contributed by atoms with Crippen molar-refractivity contribution >= 4 is 16.9 Å². The standard InChI is InChI=1S/C22H17N5O2/c23-13-17-18-20(22(29)26-14-25-18)27(19(17)15-7-3-1-4-8-15)12-11-24-21(28)16-9-5-2-6-10-16/h1-10,14H,11-12H2,(H,24,28)(H,25,26,29). The van der Waals surface area contributed by atoms with Crippen LogP contribution in [0, 0.1) is 11.3 Å². The number of nitrogens with zero attached hydrogens (tertiary/aromatic N) is 3. The summed E-state index contributed by atoms with van der Waals surface area (Å²) < 4.78 is 1.75. The Morgan fingerprint density at radius 3 is 2.48 bits per heavy atom. The summed E-state index contributed by atoms with van der Waals surface area (Å²) >= 11 is 0. The zero-order chi connectivity index (χ0) is 20.2. The predicted octanol–water partition coefficient (Wildman–Crippen LogP) is 2.69. The summed E-state index contributed by atoms with van der Waals surface area (Å²) in [6, 6.07) is 20.5. The molecule has 0 atom stereocenters. The van der Waals surface area contributed by atoms with Crippen molar-refractivity contribution in [2.45, 2.75) is 6.54 Å². The van der Waals surface area contributed by atoms with Gasteiger partial charge in [-0.05, 0) is 17.7 Å². The Balaban J connectivity index is 1.74. The first-order valence-corrected chi connectivity index (χ1v) is 9.09. The number of rotatable bonds is 5. The third-order valence-corrected chi connectivity index (χ3v) is 4.66. The van der Waals surface area contributed by atoms with Gasteiger partial charge in [0.05, 0.1) is 12.0 Å². The number of benzene rings is 2. The van der Waals surface area contributed by atoms with Crippen LogP contribution in [0.15, 0.2) is 71.8 Å². The number of carbonyl (C=O) groups excluding carboxylic acids is 1. The van der Waals surface area contributed by atoms with Crippen LogP contribution in [0.25, 0.3) is 22.3 Å². The van der Waals surface area contributed by atoms with Crippen LogP contribution in [0.1, 0.15) is 15.9 Å². The molecule has 0 radical (unpaired) electrons. The monoisotopic (exact) mass is 383 g/mol. The molecule has 4 aromatic rings. The molecule has 142 valence electrons. The molecule has 0 saturated carbocycles. The van der Waals surface area contributed by atoms with Crippen molar-refractivity contribution in [3.63, 3.8) is 0 Å². The Morgan fingerprint density at radius 2 is 1.79 bits per heavy atom. The second-order valence-corrected chi connectivity index (χ2v) is 6.40. The van der Waals surface area contributed by atoms with Crippen LogP contribution in [-0.2, 0) is 6.54 Å². The second-order valence-electron chi connectivity index (χ2n) is 6.40. The van der Waals surface area contributed by atoms with Crippen LogP contribution in [0.2, 0.25) is 0 Å². The molecule has 0 aliphatic carbocycles. The Labute approximate surface area is 166 Å². The lowest BCUT2D eigenvalue weighted by molar-refractivity contribution is 0.0952. The molecule has 4 rings (SSSR count). The van der Waals surface area contributed by atoms with Gasteiger partial charge in [0, 0.05) is 18.7 Å². The lowest BCUT2D eigenvalue weighted by atomic mass is 10.1. The number of carbonyl (C=O) groups is 1. The summed E-state index contributed by atoms with van der Waals surface area (Å²) in [6.45, 7) is 0.603. The molecule has 2 aromatic heterocycles. The molecule has 0 saturated heterocycles. The van der Waals surface area contributed by atoms with Crippen molar-refractivity contribution < 1.29 is 4.79 Å². The van der Waals surface area contributed by atoms with Crippen molar-refractivity contribution in [2.75, 3.05) is 6.54 Å². The first-order chi connectivity index (χ1) is 14.2. The minimum Gasteiger partial charge on any atom is -0.350 e. The summed E-state index contributed by atoms with van der Waals surface area (Å²) in [6.07, 6.45) is 1.29. The highest BCUT2D eigenvalue weighted by Gasteiger charge is 2.21. The molecule has 0 aliphatic heterocycles. The third kappa shape index (κ3) is 3.39. The van der Waals surface area contributed by atoms with E-state index in [0.717, 1.165) is 5.56 Å². The molecule has 2 aromatic carbocycles. The highest BCUT2D eigenvalue weighted by Crippen LogP contribution is 2.30. The predicted molar refractivity (Wildman–Crippen MR) is 109 cm³/mol. The van der Waals surface area contributed by atoms with E-state index in [1.165, 1.54) is 6.33 Å². The smallest absolute Gasteiger partial charge is 0.275 e. The number of H-pyrrole nitrogens is 1. The number of hydrogen-bond acceptors (Lipinski definition) is 4. The molecule has 0 bridgehead atoms. The van der Waals surface area contributed by atoms with Gasteiger partial charge in [0.1, 0.15) is 22.7 Å². The van der Waals surface area contributed by atoms with E-state index < -0.39 is 0 Å². The van der Waals surface area contributed by atoms with Gasteiger partial charge in [0.15, 0.2) is 0 Å². The topological polar surface area (TPSA) is 104 Å². The van der Waals surface area contributed by atoms with Crippen LogP contribution in [-0.4, -0.2) is 27.0 Å². The van der Waals surface area contributed by atoms with Gasteiger partial charge >= 0.3 is 0 Å². The summed E-state index contributed by atoms with van der Waals surface area (Å²) in [4.78, 5) is 31.6. The van der Waals surface area contributed by atoms with E-state index in [1.54, 1.807) is 28.8 Å². The van der Waals surface area contributed by atoms with Crippen molar-refractivity contribution in [1.82, 2.24) is 19.9 Å². The van der Waals surface area contributed by atoms with Crippen molar-refractivity contribution in [3.8, 4) is 17.3 Å². The second kappa shape index (κ2) is 7.82. The molecular formula is C22H17N5O2. The summed E-state index contributed by atoms with van der Waals surface area (Å²) in [7, 11) is 0. The van der Waals surface area contributed by atoms with Gasteiger partial charge in [-0.15, -0.1) is 0 Å². The molecule has 7 heteroatoms. The zero-order valence-corrected chi connectivity index (χ0v) is 15.4. The normalized spacial score (nSPS) is 10.6. The van der Waals surface area contributed by atoms with Gasteiger partial charge in [-0.25, -0.2) is 4.98 Å². The maximum absolute atomic E-state index is 12.5. The highest BCUT2D eigenvalue weighted by molar-refractivity contribution is 5.94. The maximum Gasteiger partial charge on any atom is 0.275 e. The Hall–Kier alpha value is -4.18. The lowest BCUT2D eigenvalue weighted by Gasteiger charge is -2.12. The molecule has 7 nitrogen and oxygen atoms in total. The van der Waals surface area contributed by atoms with Gasteiger partial charge < -0.3 is 14.9 Å². The van der Waals surface area contributed by atoms with Crippen molar-refractivity contribution in [2.24, 2.45) is 0 Å². The van der Waals surface area contributed by atoms with Gasteiger partial charge in [-0.3, -0.25) is 9.59 Å².